The van der Waals surface area contributed by atoms with Crippen molar-refractivity contribution in [2.45, 2.75) is 81.8 Å². The zero-order valence-electron chi connectivity index (χ0n) is 55.3. The van der Waals surface area contributed by atoms with E-state index in [2.05, 4.69) is 123 Å². The predicted octanol–water partition coefficient (Wildman–Crippen LogP) is 9.16. The van der Waals surface area contributed by atoms with Gasteiger partial charge in [0.15, 0.2) is 0 Å². The number of aliphatic imine (C=N–C) groups is 1. The number of hydrogen-bond donors (Lipinski definition) is 5. The zero-order chi connectivity index (χ0) is 69.2. The number of Topliss-reactive ketones (excluding diaryl/α,β-unsaturated/α-hetero) is 2. The van der Waals surface area contributed by atoms with Crippen molar-refractivity contribution in [3.8, 4) is 11.5 Å². The zero-order valence-corrected chi connectivity index (χ0v) is 61.2. The molecule has 0 aliphatic carbocycles. The number of ketones is 2. The van der Waals surface area contributed by atoms with Crippen molar-refractivity contribution >= 4 is 146 Å². The molecule has 494 valence electrons. The lowest BCUT2D eigenvalue weighted by atomic mass is 10.1. The number of esters is 2. The van der Waals surface area contributed by atoms with Gasteiger partial charge in [0.25, 0.3) is 11.6 Å². The first-order chi connectivity index (χ1) is 45.8. The van der Waals surface area contributed by atoms with Crippen molar-refractivity contribution in [2.75, 3.05) is 34.5 Å². The van der Waals surface area contributed by atoms with Crippen LogP contribution in [0.4, 0.5) is 4.79 Å². The normalized spacial score (nSPS) is 15.0. The molecule has 23 heteroatoms. The van der Waals surface area contributed by atoms with Gasteiger partial charge < -0.3 is 53.3 Å². The number of aromatic nitrogens is 6. The van der Waals surface area contributed by atoms with Gasteiger partial charge in [-0.1, -0.05) is 52.3 Å². The Balaban J connectivity index is 0.000000159. The van der Waals surface area contributed by atoms with E-state index in [0.29, 0.717) is 66.8 Å². The van der Waals surface area contributed by atoms with Crippen LogP contribution in [0.3, 0.4) is 0 Å². The van der Waals surface area contributed by atoms with E-state index in [4.69, 9.17) is 38.4 Å². The maximum absolute atomic E-state index is 13.2. The van der Waals surface area contributed by atoms with Gasteiger partial charge in [-0.25, -0.2) is 33.9 Å². The highest BCUT2D eigenvalue weighted by Crippen LogP contribution is 2.32. The van der Waals surface area contributed by atoms with Gasteiger partial charge in [0.2, 0.25) is 0 Å². The molecule has 0 fully saturated rings. The number of carbonyl (C=O) groups excluding carboxylic acids is 5. The second-order valence-electron chi connectivity index (χ2n) is 23.5. The van der Waals surface area contributed by atoms with Crippen LogP contribution in [-0.2, 0) is 33.3 Å². The highest BCUT2D eigenvalue weighted by atomic mass is 127. The number of halogens is 3. The Morgan fingerprint density at radius 2 is 1.19 bits per heavy atom. The molecule has 6 aromatic heterocycles. The van der Waals surface area contributed by atoms with Gasteiger partial charge in [0.1, 0.15) is 34.3 Å². The van der Waals surface area contributed by atoms with Crippen molar-refractivity contribution in [2.24, 2.45) is 15.0 Å². The molecule has 0 bridgehead atoms. The van der Waals surface area contributed by atoms with Gasteiger partial charge in [0, 0.05) is 76.2 Å². The Morgan fingerprint density at radius 1 is 0.615 bits per heavy atom. The number of nitrogens with zero attached hydrogens (tertiary/aromatic N) is 4. The van der Waals surface area contributed by atoms with E-state index in [9.17, 15) is 24.0 Å². The third-order valence-corrected chi connectivity index (χ3v) is 18.9. The molecule has 3 aliphatic rings. The molecule has 0 unspecified atom stereocenters. The highest BCUT2D eigenvalue weighted by Gasteiger charge is 2.30. The van der Waals surface area contributed by atoms with E-state index in [1.54, 1.807) is 82.9 Å². The van der Waals surface area contributed by atoms with Gasteiger partial charge in [-0.15, -0.1) is 0 Å². The largest absolute Gasteiger partial charge is 0.494 e. The molecule has 0 saturated heterocycles. The quantitative estimate of drug-likeness (QED) is 0.0239. The molecule has 0 radical (unpaired) electrons. The van der Waals surface area contributed by atoms with Crippen molar-refractivity contribution in [3.63, 3.8) is 0 Å². The van der Waals surface area contributed by atoms with E-state index in [1.807, 2.05) is 95.3 Å². The third-order valence-electron chi connectivity index (χ3n) is 15.7. The highest BCUT2D eigenvalue weighted by molar-refractivity contribution is 14.1. The Bertz CT molecular complexity index is 5350. The molecule has 0 saturated carbocycles. The van der Waals surface area contributed by atoms with E-state index in [0.717, 1.165) is 69.1 Å². The Morgan fingerprint density at radius 3 is 1.75 bits per heavy atom. The number of allylic oxidation sites excluding steroid dienone is 1. The minimum Gasteiger partial charge on any atom is -0.494 e. The van der Waals surface area contributed by atoms with Crippen LogP contribution in [-0.4, -0.2) is 105 Å². The summed E-state index contributed by atoms with van der Waals surface area (Å²) in [5, 5.41) is 7.03. The monoisotopic (exact) mass is 1580 g/mol. The number of aryl methyl sites for hydroxylation is 4. The minimum absolute atomic E-state index is 0.0665. The molecule has 0 amide bonds. The lowest BCUT2D eigenvalue weighted by Gasteiger charge is -2.20. The van der Waals surface area contributed by atoms with Crippen molar-refractivity contribution in [1.82, 2.24) is 29.5 Å². The van der Waals surface area contributed by atoms with E-state index < -0.39 is 35.2 Å². The molecular weight excluding hydrogens is 1510 g/mol. The summed E-state index contributed by atoms with van der Waals surface area (Å²) in [7, 11) is 4.80. The molecule has 3 aliphatic heterocycles. The van der Waals surface area contributed by atoms with Crippen LogP contribution in [0, 0.1) is 45.1 Å². The van der Waals surface area contributed by atoms with Crippen LogP contribution >= 0.6 is 61.1 Å². The molecule has 12 rings (SSSR count). The second kappa shape index (κ2) is 28.9. The number of H-pyrrole nitrogens is 5. The number of benzene rings is 3. The minimum atomic E-state index is -0.964. The lowest BCUT2D eigenvalue weighted by Crippen LogP contribution is -2.28. The summed E-state index contributed by atoms with van der Waals surface area (Å²) >= 11 is 8.25. The Kier molecular flexibility index (Phi) is 20.9. The number of methoxy groups -OCH3 is 3. The molecule has 96 heavy (non-hydrogen) atoms. The average molecular weight is 1580 g/mol. The topological polar surface area (TPSA) is 262 Å². The summed E-state index contributed by atoms with van der Waals surface area (Å²) < 4.78 is 37.2. The molecule has 9 heterocycles. The smallest absolute Gasteiger partial charge is 0.419 e. The fourth-order valence-corrected chi connectivity index (χ4v) is 12.9. The molecule has 9 aromatic rings. The van der Waals surface area contributed by atoms with Gasteiger partial charge in [-0.2, -0.15) is 0 Å². The SMILES string of the molecule is CCOC(=O)C(=O)C1=c2ccccc2=NC1=c1cc(OC)/c(=C/c2[nH]c(C)c(C(=O)C(=O)OCC)c2C)[nH]1.COC1=CC(c2cc3cc(Br)ccc3n2C(=O)OC(C)(C)C)=N/C1=C\c1[nH]c(C)cc1C.COc1cc(=C2N=c3ccccc3=C2I)[nH]/c1=C\c1[nH]c(C)c(I)c1C. The van der Waals surface area contributed by atoms with Gasteiger partial charge >= 0.3 is 18.0 Å². The number of nitrogens with one attached hydrogen (secondary N) is 5. The number of fused-ring (bicyclic) bond motifs is 3. The van der Waals surface area contributed by atoms with Crippen LogP contribution < -0.4 is 52.0 Å². The first kappa shape index (κ1) is 69.5. The predicted molar refractivity (Wildman–Crippen MR) is 389 cm³/mol. The van der Waals surface area contributed by atoms with E-state index in [1.165, 1.54) is 27.2 Å². The number of para-hydroxylation sites is 2. The van der Waals surface area contributed by atoms with Gasteiger partial charge in [-0.3, -0.25) is 9.59 Å². The first-order valence-corrected chi connectivity index (χ1v) is 33.5. The lowest BCUT2D eigenvalue weighted by molar-refractivity contribution is -0.150. The van der Waals surface area contributed by atoms with Gasteiger partial charge in [-0.05, 0) is 199 Å². The average Bonchev–Trinajstić information content (AvgIpc) is 1.62. The number of rotatable bonds is 13. The van der Waals surface area contributed by atoms with Crippen LogP contribution in [0.2, 0.25) is 0 Å². The summed E-state index contributed by atoms with van der Waals surface area (Å²) in [5.74, 6) is -1.53. The molecule has 0 spiro atoms. The Labute approximate surface area is 587 Å². The molecule has 5 N–H and O–H groups in total. The molecule has 3 aromatic carbocycles. The number of ether oxygens (including phenoxy) is 6. The standard InChI is InChI=1S/C28H27N3O7.C25H26BrN3O3.C20H17I2N3O/c1-6-37-27(34)25(32)22-14(3)18(29-15(22)4)12-19-21(36-5)13-20(30-19)24-23(26(33)28(35)38-7-2)16-10-8-9-11-17(16)31-24;1-14-9-15(2)27-18(14)12-20-23(31-6)13-19(28-20)22-11-16-10-17(26)7-8-21(16)29(22)24(30)32-25(3,4)5;1-10-14(23-11(2)18(10)21)8-15-17(26-3)9-16(24-15)20-19(22)12-6-4-5-7-13(12)25-20/h8-13,29-30H,6-7H2,1-5H3;7-13,27H,1-6H3;4-9,23-24H,1-3H3/b19-12-,24-20?;20-12-;15-8-,20-16?. The fraction of sp³-hybridized carbons (Fsp3) is 0.233. The molecule has 0 atom stereocenters. The van der Waals surface area contributed by atoms with Crippen molar-refractivity contribution in [1.29, 1.82) is 0 Å². The van der Waals surface area contributed by atoms with Crippen LogP contribution in [0.15, 0.2) is 128 Å². The van der Waals surface area contributed by atoms with Crippen molar-refractivity contribution in [3.05, 3.63) is 221 Å². The van der Waals surface area contributed by atoms with Crippen LogP contribution in [0.5, 0.6) is 11.5 Å². The maximum Gasteiger partial charge on any atom is 0.419 e. The fourth-order valence-electron chi connectivity index (χ4n) is 11.2. The molecule has 20 nitrogen and oxygen atoms in total. The maximum atomic E-state index is 13.2. The van der Waals surface area contributed by atoms with E-state index >= 15 is 0 Å². The number of aromatic amines is 5. The van der Waals surface area contributed by atoms with Crippen LogP contribution in [0.1, 0.15) is 102 Å². The second-order valence-corrected chi connectivity index (χ2v) is 26.5. The van der Waals surface area contributed by atoms with Crippen LogP contribution in [0.25, 0.3) is 49.7 Å². The summed E-state index contributed by atoms with van der Waals surface area (Å²) in [4.78, 5) is 94.1. The summed E-state index contributed by atoms with van der Waals surface area (Å²) in [5.41, 5.74) is 12.0. The van der Waals surface area contributed by atoms with Crippen molar-refractivity contribution < 1.29 is 52.4 Å². The van der Waals surface area contributed by atoms with Gasteiger partial charge in [0.05, 0.1) is 104 Å². The Hall–Kier alpha value is -9.34. The number of carbonyl (C=O) groups is 5. The summed E-state index contributed by atoms with van der Waals surface area (Å²) in [6.45, 7) is 20.7. The van der Waals surface area contributed by atoms with E-state index in [-0.39, 0.29) is 30.0 Å². The summed E-state index contributed by atoms with van der Waals surface area (Å²) in [6.07, 6.45) is 7.18. The number of hydrogen-bond acceptors (Lipinski definition) is 14. The first-order valence-electron chi connectivity index (χ1n) is 30.5. The molecular formula is C73H70BrI2N9O11. The summed E-state index contributed by atoms with van der Waals surface area (Å²) in [6, 6.07) is 28.7. The third kappa shape index (κ3) is 14.4.